The molecule has 0 saturated heterocycles. The Hall–Kier alpha value is -1.40. The molecule has 112 valence electrons. The van der Waals surface area contributed by atoms with E-state index in [4.69, 9.17) is 0 Å². The maximum atomic E-state index is 12.5. The first-order valence-electron chi connectivity index (χ1n) is 6.44. The fourth-order valence-corrected chi connectivity index (χ4v) is 3.79. The summed E-state index contributed by atoms with van der Waals surface area (Å²) in [5, 5.41) is 0. The van der Waals surface area contributed by atoms with Crippen molar-refractivity contribution in [2.24, 2.45) is 0 Å². The number of nitrogens with one attached hydrogen (secondary N) is 1. The highest BCUT2D eigenvalue weighted by Gasteiger charge is 2.22. The van der Waals surface area contributed by atoms with Gasteiger partial charge in [-0.1, -0.05) is 32.9 Å². The molecule has 4 nitrogen and oxygen atoms in total. The Kier molecular flexibility index (Phi) is 4.39. The van der Waals surface area contributed by atoms with E-state index in [1.54, 1.807) is 36.5 Å². The highest BCUT2D eigenvalue weighted by atomic mass is 79.9. The van der Waals surface area contributed by atoms with Crippen molar-refractivity contribution in [3.8, 4) is 0 Å². The van der Waals surface area contributed by atoms with Crippen molar-refractivity contribution in [1.82, 2.24) is 4.98 Å². The molecule has 0 aliphatic rings. The number of hydrogen-bond donors (Lipinski definition) is 1. The third-order valence-electron chi connectivity index (χ3n) is 2.99. The van der Waals surface area contributed by atoms with Gasteiger partial charge in [0.15, 0.2) is 0 Å². The van der Waals surface area contributed by atoms with Crippen LogP contribution in [0.4, 0.5) is 5.82 Å². The van der Waals surface area contributed by atoms with Crippen LogP contribution in [0.5, 0.6) is 0 Å². The molecule has 0 unspecified atom stereocenters. The van der Waals surface area contributed by atoms with Crippen LogP contribution >= 0.6 is 15.9 Å². The summed E-state index contributed by atoms with van der Waals surface area (Å²) in [6.45, 7) is 6.12. The number of benzene rings is 1. The monoisotopic (exact) mass is 368 g/mol. The van der Waals surface area contributed by atoms with Gasteiger partial charge >= 0.3 is 0 Å². The normalized spacial score (nSPS) is 12.2. The fourth-order valence-electron chi connectivity index (χ4n) is 1.79. The number of hydrogen-bond acceptors (Lipinski definition) is 3. The molecule has 2 rings (SSSR count). The van der Waals surface area contributed by atoms with E-state index < -0.39 is 10.0 Å². The minimum atomic E-state index is -3.69. The molecule has 21 heavy (non-hydrogen) atoms. The van der Waals surface area contributed by atoms with Gasteiger partial charge in [0.25, 0.3) is 10.0 Å². The van der Waals surface area contributed by atoms with E-state index in [9.17, 15) is 8.42 Å². The first-order valence-corrected chi connectivity index (χ1v) is 8.72. The molecule has 1 aromatic heterocycles. The van der Waals surface area contributed by atoms with Crippen LogP contribution in [0.25, 0.3) is 0 Å². The maximum Gasteiger partial charge on any atom is 0.264 e. The summed E-state index contributed by atoms with van der Waals surface area (Å²) in [5.74, 6) is 0.297. The molecule has 0 spiro atoms. The van der Waals surface area contributed by atoms with Crippen molar-refractivity contribution in [1.29, 1.82) is 0 Å². The van der Waals surface area contributed by atoms with Crippen molar-refractivity contribution in [3.63, 3.8) is 0 Å². The van der Waals surface area contributed by atoms with Gasteiger partial charge in [0.2, 0.25) is 0 Å². The second-order valence-electron chi connectivity index (χ2n) is 5.72. The summed E-state index contributed by atoms with van der Waals surface area (Å²) < 4.78 is 28.1. The Bertz CT molecular complexity index is 738. The number of halogens is 1. The van der Waals surface area contributed by atoms with Gasteiger partial charge in [-0.25, -0.2) is 13.4 Å². The van der Waals surface area contributed by atoms with Gasteiger partial charge in [0.1, 0.15) is 10.7 Å². The minimum absolute atomic E-state index is 0.129. The van der Waals surface area contributed by atoms with Crippen molar-refractivity contribution >= 4 is 31.8 Å². The topological polar surface area (TPSA) is 59.1 Å². The standard InChI is InChI=1S/C15H17BrN2O2S/c1-15(2,3)11-7-8-12(16)13(10-11)21(19,20)18-14-6-4-5-9-17-14/h4-10H,1-3H3,(H,17,18). The first kappa shape index (κ1) is 16.0. The molecular formula is C15H17BrN2O2S. The molecule has 2 aromatic rings. The van der Waals surface area contributed by atoms with E-state index >= 15 is 0 Å². The van der Waals surface area contributed by atoms with Crippen molar-refractivity contribution in [3.05, 3.63) is 52.6 Å². The van der Waals surface area contributed by atoms with Crippen LogP contribution in [0.2, 0.25) is 0 Å². The van der Waals surface area contributed by atoms with Gasteiger partial charge in [-0.05, 0) is 51.2 Å². The van der Waals surface area contributed by atoms with Crippen LogP contribution in [0.3, 0.4) is 0 Å². The van der Waals surface area contributed by atoms with Crippen LogP contribution in [-0.2, 0) is 15.4 Å². The molecular weight excluding hydrogens is 352 g/mol. The minimum Gasteiger partial charge on any atom is -0.263 e. The zero-order valence-corrected chi connectivity index (χ0v) is 14.5. The van der Waals surface area contributed by atoms with Crippen molar-refractivity contribution in [2.75, 3.05) is 4.72 Å². The van der Waals surface area contributed by atoms with Crippen molar-refractivity contribution in [2.45, 2.75) is 31.1 Å². The number of pyridine rings is 1. The Morgan fingerprint density at radius 1 is 1.14 bits per heavy atom. The summed E-state index contributed by atoms with van der Waals surface area (Å²) in [5.41, 5.74) is 0.822. The smallest absolute Gasteiger partial charge is 0.263 e. The van der Waals surface area contributed by atoms with E-state index in [-0.39, 0.29) is 10.3 Å². The van der Waals surface area contributed by atoms with Gasteiger partial charge in [-0.3, -0.25) is 4.72 Å². The molecule has 0 aliphatic heterocycles. The molecule has 1 N–H and O–H groups in total. The lowest BCUT2D eigenvalue weighted by molar-refractivity contribution is 0.584. The fraction of sp³-hybridized carbons (Fsp3) is 0.267. The zero-order valence-electron chi connectivity index (χ0n) is 12.1. The Balaban J connectivity index is 2.45. The van der Waals surface area contributed by atoms with E-state index in [2.05, 4.69) is 25.6 Å². The molecule has 0 aliphatic carbocycles. The molecule has 0 fully saturated rings. The van der Waals surface area contributed by atoms with Gasteiger partial charge in [0, 0.05) is 10.7 Å². The van der Waals surface area contributed by atoms with Crippen LogP contribution in [0.15, 0.2) is 52.0 Å². The van der Waals surface area contributed by atoms with Crippen LogP contribution in [0, 0.1) is 0 Å². The van der Waals surface area contributed by atoms with Gasteiger partial charge in [0.05, 0.1) is 0 Å². The third-order valence-corrected chi connectivity index (χ3v) is 5.34. The average molecular weight is 369 g/mol. The SMILES string of the molecule is CC(C)(C)c1ccc(Br)c(S(=O)(=O)Nc2ccccn2)c1. The van der Waals surface area contributed by atoms with E-state index in [1.165, 1.54) is 0 Å². The Morgan fingerprint density at radius 2 is 1.86 bits per heavy atom. The number of nitrogens with zero attached hydrogens (tertiary/aromatic N) is 1. The number of sulfonamides is 1. The lowest BCUT2D eigenvalue weighted by Crippen LogP contribution is -2.17. The number of anilines is 1. The van der Waals surface area contributed by atoms with Crippen LogP contribution < -0.4 is 4.72 Å². The second kappa shape index (κ2) is 5.77. The summed E-state index contributed by atoms with van der Waals surface area (Å²) in [7, 11) is -3.69. The Labute approximate surface area is 133 Å². The maximum absolute atomic E-state index is 12.5. The van der Waals surface area contributed by atoms with E-state index in [0.717, 1.165) is 5.56 Å². The van der Waals surface area contributed by atoms with Crippen LogP contribution in [-0.4, -0.2) is 13.4 Å². The molecule has 1 aromatic carbocycles. The predicted molar refractivity (Wildman–Crippen MR) is 87.9 cm³/mol. The second-order valence-corrected chi connectivity index (χ2v) is 8.22. The van der Waals surface area contributed by atoms with E-state index in [1.807, 2.05) is 26.8 Å². The highest BCUT2D eigenvalue weighted by Crippen LogP contribution is 2.30. The summed E-state index contributed by atoms with van der Waals surface area (Å²) in [6.07, 6.45) is 1.54. The quantitative estimate of drug-likeness (QED) is 0.892. The average Bonchev–Trinajstić information content (AvgIpc) is 2.38. The number of aromatic nitrogens is 1. The summed E-state index contributed by atoms with van der Waals surface area (Å²) in [4.78, 5) is 4.19. The molecule has 1 heterocycles. The van der Waals surface area contributed by atoms with E-state index in [0.29, 0.717) is 10.3 Å². The molecule has 0 saturated carbocycles. The van der Waals surface area contributed by atoms with Gasteiger partial charge < -0.3 is 0 Å². The molecule has 0 amide bonds. The molecule has 0 radical (unpaired) electrons. The highest BCUT2D eigenvalue weighted by molar-refractivity contribution is 9.10. The lowest BCUT2D eigenvalue weighted by atomic mass is 9.87. The number of rotatable bonds is 3. The van der Waals surface area contributed by atoms with Crippen LogP contribution in [0.1, 0.15) is 26.3 Å². The molecule has 0 atom stereocenters. The van der Waals surface area contributed by atoms with Crippen molar-refractivity contribution < 1.29 is 8.42 Å². The lowest BCUT2D eigenvalue weighted by Gasteiger charge is -2.20. The third kappa shape index (κ3) is 3.83. The van der Waals surface area contributed by atoms with Gasteiger partial charge in [-0.2, -0.15) is 0 Å². The summed E-state index contributed by atoms with van der Waals surface area (Å²) in [6, 6.07) is 10.4. The Morgan fingerprint density at radius 3 is 2.43 bits per heavy atom. The van der Waals surface area contributed by atoms with Gasteiger partial charge in [-0.15, -0.1) is 0 Å². The molecule has 0 bridgehead atoms. The largest absolute Gasteiger partial charge is 0.264 e. The predicted octanol–water partition coefficient (Wildman–Crippen LogP) is 3.94. The molecule has 6 heteroatoms. The zero-order chi connectivity index (χ0) is 15.7. The first-order chi connectivity index (χ1) is 9.70. The summed E-state index contributed by atoms with van der Waals surface area (Å²) >= 11 is 3.31.